The van der Waals surface area contributed by atoms with Crippen molar-refractivity contribution in [2.45, 2.75) is 98.2 Å². The van der Waals surface area contributed by atoms with Gasteiger partial charge in [-0.15, -0.1) is 0 Å². The number of ether oxygens (including phenoxy) is 3. The van der Waals surface area contributed by atoms with Crippen LogP contribution in [-0.2, 0) is 14.2 Å². The van der Waals surface area contributed by atoms with E-state index in [2.05, 4.69) is 6.92 Å². The first-order valence-corrected chi connectivity index (χ1v) is 11.4. The number of allylic oxidation sites excluding steroid dienone is 3. The molecule has 0 aromatic carbocycles. The van der Waals surface area contributed by atoms with E-state index in [0.717, 1.165) is 18.8 Å². The third-order valence-corrected chi connectivity index (χ3v) is 6.02. The van der Waals surface area contributed by atoms with E-state index in [-0.39, 0.29) is 17.8 Å². The zero-order valence-electron chi connectivity index (χ0n) is 19.4. The Morgan fingerprint density at radius 3 is 2.21 bits per heavy atom. The summed E-state index contributed by atoms with van der Waals surface area (Å²) in [4.78, 5) is 0. The molecule has 0 N–H and O–H groups in total. The quantitative estimate of drug-likeness (QED) is 0.233. The zero-order chi connectivity index (χ0) is 21.8. The molecular weight excluding hydrogens is 374 g/mol. The van der Waals surface area contributed by atoms with Gasteiger partial charge in [0, 0.05) is 5.92 Å². The average Bonchev–Trinajstić information content (AvgIpc) is 2.74. The second-order valence-electron chi connectivity index (χ2n) is 8.43. The van der Waals surface area contributed by atoms with Crippen molar-refractivity contribution in [1.82, 2.24) is 0 Å². The van der Waals surface area contributed by atoms with Crippen molar-refractivity contribution in [3.8, 4) is 0 Å². The van der Waals surface area contributed by atoms with Gasteiger partial charge >= 0.3 is 0 Å². The molecule has 3 nitrogen and oxygen atoms in total. The summed E-state index contributed by atoms with van der Waals surface area (Å²) >= 11 is 0. The minimum atomic E-state index is -0.929. The summed E-state index contributed by atoms with van der Waals surface area (Å²) in [6.45, 7) is 10.2. The number of unbranched alkanes of at least 4 members (excludes halogenated alkanes) is 1. The predicted molar refractivity (Wildman–Crippen MR) is 115 cm³/mol. The smallest absolute Gasteiger partial charge is 0.195 e. The van der Waals surface area contributed by atoms with Crippen molar-refractivity contribution in [3.05, 3.63) is 23.0 Å². The van der Waals surface area contributed by atoms with Gasteiger partial charge in [0.15, 0.2) is 11.7 Å². The summed E-state index contributed by atoms with van der Waals surface area (Å²) in [7, 11) is 1.33. The number of halogens is 2. The molecule has 0 saturated heterocycles. The molecule has 0 aliphatic heterocycles. The van der Waals surface area contributed by atoms with Crippen LogP contribution in [0, 0.1) is 11.8 Å². The Kier molecular flexibility index (Phi) is 12.7. The molecule has 1 aliphatic rings. The van der Waals surface area contributed by atoms with E-state index in [1.807, 2.05) is 20.8 Å². The second kappa shape index (κ2) is 14.1. The molecule has 1 aliphatic carbocycles. The third kappa shape index (κ3) is 9.17. The van der Waals surface area contributed by atoms with Crippen LogP contribution in [-0.4, -0.2) is 32.5 Å². The van der Waals surface area contributed by atoms with Crippen molar-refractivity contribution in [2.24, 2.45) is 11.8 Å². The summed E-state index contributed by atoms with van der Waals surface area (Å²) in [6, 6.07) is 0. The van der Waals surface area contributed by atoms with E-state index in [1.54, 1.807) is 0 Å². The van der Waals surface area contributed by atoms with Crippen LogP contribution in [0.2, 0.25) is 0 Å². The first-order valence-electron chi connectivity index (χ1n) is 11.4. The van der Waals surface area contributed by atoms with Gasteiger partial charge < -0.3 is 14.2 Å². The van der Waals surface area contributed by atoms with Gasteiger partial charge in [-0.1, -0.05) is 40.0 Å². The molecule has 170 valence electrons. The van der Waals surface area contributed by atoms with Gasteiger partial charge in [-0.25, -0.2) is 8.78 Å². The summed E-state index contributed by atoms with van der Waals surface area (Å²) in [5.41, 5.74) is 0.414. The molecule has 1 saturated carbocycles. The van der Waals surface area contributed by atoms with E-state index >= 15 is 0 Å². The van der Waals surface area contributed by atoms with Gasteiger partial charge in [0.2, 0.25) is 0 Å². The zero-order valence-corrected chi connectivity index (χ0v) is 19.4. The normalized spacial score (nSPS) is 23.9. The van der Waals surface area contributed by atoms with Crippen LogP contribution in [0.1, 0.15) is 86.0 Å². The van der Waals surface area contributed by atoms with Crippen LogP contribution in [0.5, 0.6) is 0 Å². The molecule has 0 radical (unpaired) electrons. The van der Waals surface area contributed by atoms with E-state index < -0.39 is 11.7 Å². The monoisotopic (exact) mass is 416 g/mol. The highest BCUT2D eigenvalue weighted by molar-refractivity contribution is 5.28. The fourth-order valence-electron chi connectivity index (χ4n) is 3.91. The van der Waals surface area contributed by atoms with Crippen LogP contribution in [0.4, 0.5) is 8.78 Å². The SMILES string of the molecule is CCCCC1CCC(OCC(C)OCC(C)/C(CC)=C(F)/C(F)=C(\C)OC)CC1. The first kappa shape index (κ1) is 26.1. The van der Waals surface area contributed by atoms with E-state index in [0.29, 0.717) is 31.3 Å². The molecule has 0 spiro atoms. The fraction of sp³-hybridized carbons (Fsp3) is 0.833. The van der Waals surface area contributed by atoms with Crippen molar-refractivity contribution in [1.29, 1.82) is 0 Å². The maximum Gasteiger partial charge on any atom is 0.195 e. The third-order valence-electron chi connectivity index (χ3n) is 6.02. The summed E-state index contributed by atoms with van der Waals surface area (Å²) < 4.78 is 45.3. The van der Waals surface area contributed by atoms with Crippen molar-refractivity contribution < 1.29 is 23.0 Å². The molecule has 0 aromatic heterocycles. The highest BCUT2D eigenvalue weighted by atomic mass is 19.2. The highest BCUT2D eigenvalue weighted by Gasteiger charge is 2.23. The second-order valence-corrected chi connectivity index (χ2v) is 8.43. The lowest BCUT2D eigenvalue weighted by Gasteiger charge is -2.29. The number of methoxy groups -OCH3 is 1. The van der Waals surface area contributed by atoms with Crippen LogP contribution in [0.3, 0.4) is 0 Å². The average molecular weight is 417 g/mol. The van der Waals surface area contributed by atoms with Crippen LogP contribution < -0.4 is 0 Å². The van der Waals surface area contributed by atoms with Crippen molar-refractivity contribution in [3.63, 3.8) is 0 Å². The van der Waals surface area contributed by atoms with Crippen LogP contribution in [0.25, 0.3) is 0 Å². The Balaban J connectivity index is 2.41. The molecule has 5 heteroatoms. The maximum absolute atomic E-state index is 14.5. The highest BCUT2D eigenvalue weighted by Crippen LogP contribution is 2.30. The fourth-order valence-corrected chi connectivity index (χ4v) is 3.91. The molecule has 2 atom stereocenters. The Bertz CT molecular complexity index is 522. The van der Waals surface area contributed by atoms with Crippen molar-refractivity contribution in [2.75, 3.05) is 20.3 Å². The van der Waals surface area contributed by atoms with Crippen LogP contribution in [0.15, 0.2) is 23.0 Å². The lowest BCUT2D eigenvalue weighted by molar-refractivity contribution is -0.0549. The summed E-state index contributed by atoms with van der Waals surface area (Å²) in [5.74, 6) is -1.15. The summed E-state index contributed by atoms with van der Waals surface area (Å²) in [6.07, 6.45) is 9.44. The molecule has 0 bridgehead atoms. The number of hydrogen-bond donors (Lipinski definition) is 0. The van der Waals surface area contributed by atoms with Crippen LogP contribution >= 0.6 is 0 Å². The molecule has 29 heavy (non-hydrogen) atoms. The van der Waals surface area contributed by atoms with Gasteiger partial charge in [0.1, 0.15) is 5.76 Å². The summed E-state index contributed by atoms with van der Waals surface area (Å²) in [5, 5.41) is 0. The molecule has 1 fully saturated rings. The largest absolute Gasteiger partial charge is 0.498 e. The molecule has 1 rings (SSSR count). The molecule has 2 unspecified atom stereocenters. The van der Waals surface area contributed by atoms with E-state index in [4.69, 9.17) is 14.2 Å². The minimum Gasteiger partial charge on any atom is -0.498 e. The van der Waals surface area contributed by atoms with Gasteiger partial charge in [-0.3, -0.25) is 0 Å². The molecule has 0 heterocycles. The number of rotatable bonds is 13. The Hall–Kier alpha value is -0.940. The molecule has 0 aromatic rings. The molecule has 0 amide bonds. The Morgan fingerprint density at radius 2 is 1.66 bits per heavy atom. The van der Waals surface area contributed by atoms with Gasteiger partial charge in [0.05, 0.1) is 32.5 Å². The van der Waals surface area contributed by atoms with Gasteiger partial charge in [-0.2, -0.15) is 0 Å². The van der Waals surface area contributed by atoms with Crippen molar-refractivity contribution >= 4 is 0 Å². The number of hydrogen-bond acceptors (Lipinski definition) is 3. The lowest BCUT2D eigenvalue weighted by Crippen LogP contribution is -2.27. The topological polar surface area (TPSA) is 27.7 Å². The Labute approximate surface area is 176 Å². The minimum absolute atomic E-state index is 0.0484. The standard InChI is InChI=1S/C24H42F2O3/c1-7-9-10-20-11-13-21(14-12-20)29-16-18(4)28-15-17(3)22(8-2)24(26)23(25)19(5)27-6/h17-18,20-21H,7-16H2,1-6H3/b23-19-,24-22-. The van der Waals surface area contributed by atoms with E-state index in [1.165, 1.54) is 46.1 Å². The lowest BCUT2D eigenvalue weighted by atomic mass is 9.84. The molecular formula is C24H42F2O3. The van der Waals surface area contributed by atoms with Gasteiger partial charge in [0.25, 0.3) is 0 Å². The first-order chi connectivity index (χ1) is 13.8. The predicted octanol–water partition coefficient (Wildman–Crippen LogP) is 7.27. The van der Waals surface area contributed by atoms with Gasteiger partial charge in [-0.05, 0) is 57.4 Å². The maximum atomic E-state index is 14.5. The van der Waals surface area contributed by atoms with E-state index in [9.17, 15) is 8.78 Å². The Morgan fingerprint density at radius 1 is 1.00 bits per heavy atom.